The molecule has 3 aliphatic heterocycles. The minimum atomic E-state index is -1.07. The summed E-state index contributed by atoms with van der Waals surface area (Å²) >= 11 is 6.69. The number of benzene rings is 4. The third kappa shape index (κ3) is 8.22. The van der Waals surface area contributed by atoms with Crippen LogP contribution in [0.2, 0.25) is 5.02 Å². The van der Waals surface area contributed by atoms with Crippen molar-refractivity contribution in [1.82, 2.24) is 25.7 Å². The summed E-state index contributed by atoms with van der Waals surface area (Å²) < 4.78 is 45.9. The number of piperidine rings is 1. The molecule has 5 aromatic rings. The van der Waals surface area contributed by atoms with Crippen LogP contribution in [0.5, 0.6) is 11.5 Å². The molecule has 1 aromatic heterocycles. The number of halogens is 3. The molecule has 10 rings (SSSR count). The van der Waals surface area contributed by atoms with Crippen LogP contribution in [0.15, 0.2) is 66.7 Å². The highest BCUT2D eigenvalue weighted by Gasteiger charge is 2.51. The van der Waals surface area contributed by atoms with Gasteiger partial charge in [0, 0.05) is 92.2 Å². The van der Waals surface area contributed by atoms with Crippen molar-refractivity contribution < 1.29 is 37.4 Å². The number of aromatic nitrogens is 2. The minimum Gasteiger partial charge on any atom is -0.494 e. The fourth-order valence-electron chi connectivity index (χ4n) is 12.1. The molecule has 2 aliphatic carbocycles. The standard InChI is InChI=1S/C52H57ClF2N8O6/c1-29-41-39(24-36(54)44(53)43(41)42-34(47(56)65)16-17-38(68-3)45(42)55)69-52(29,32-8-5-4-6-9-32)28-58-33-14-12-31(13-15-33)49(66)57-27-30-25-51(26-30)19-22-62(23-20-51)37-11-7-10-35-46(37)61(2)60-48(35)63-21-18-40(64)59-50(63)67/h4-11,16-17,24,29-31,33,58H,12-15,18-23,25-28H2,1-3H3,(H2,56,65)(H,57,66)(H,59,64,67). The molecule has 2 unspecified atom stereocenters. The summed E-state index contributed by atoms with van der Waals surface area (Å²) in [6.45, 7) is 5.05. The highest BCUT2D eigenvalue weighted by atomic mass is 35.5. The number of carbonyl (C=O) groups is 4. The molecule has 362 valence electrons. The number of hydrogen-bond acceptors (Lipinski definition) is 9. The Morgan fingerprint density at radius 1 is 0.986 bits per heavy atom. The maximum Gasteiger partial charge on any atom is 0.329 e. The maximum atomic E-state index is 16.2. The van der Waals surface area contributed by atoms with Crippen molar-refractivity contribution in [1.29, 1.82) is 0 Å². The molecular formula is C52H57ClF2N8O6. The summed E-state index contributed by atoms with van der Waals surface area (Å²) in [6.07, 6.45) is 7.57. The Balaban J connectivity index is 0.741. The van der Waals surface area contributed by atoms with Gasteiger partial charge in [-0.2, -0.15) is 5.10 Å². The first kappa shape index (κ1) is 46.5. The van der Waals surface area contributed by atoms with Gasteiger partial charge in [-0.1, -0.05) is 54.9 Å². The topological polar surface area (TPSA) is 173 Å². The summed E-state index contributed by atoms with van der Waals surface area (Å²) in [5.41, 5.74) is 7.86. The van der Waals surface area contributed by atoms with E-state index in [1.54, 1.807) is 4.90 Å². The Bertz CT molecular complexity index is 2850. The quantitative estimate of drug-likeness (QED) is 0.0965. The molecular weight excluding hydrogens is 906 g/mol. The van der Waals surface area contributed by atoms with E-state index in [4.69, 9.17) is 31.9 Å². The SMILES string of the molecule is COc1ccc(C(N)=O)c(-c2c(Cl)c(F)cc3c2C(C)C(CNC2CCC(C(=O)NCC4CC5(CCN(c6cccc7c(N8CCC(=O)NC8=O)nn(C)c67)CC5)C4)CC2)(c2ccccc2)O3)c1F. The second-order valence-corrected chi connectivity index (χ2v) is 20.1. The lowest BCUT2D eigenvalue weighted by molar-refractivity contribution is -0.127. The van der Waals surface area contributed by atoms with Gasteiger partial charge in [0.1, 0.15) is 11.6 Å². The number of nitrogens with one attached hydrogen (secondary N) is 3. The number of amides is 5. The smallest absolute Gasteiger partial charge is 0.329 e. The molecule has 69 heavy (non-hydrogen) atoms. The number of aryl methyl sites for hydroxylation is 1. The first-order chi connectivity index (χ1) is 33.2. The number of carbonyl (C=O) groups excluding carboxylic acids is 4. The number of ether oxygens (including phenoxy) is 2. The van der Waals surface area contributed by atoms with E-state index in [0.717, 1.165) is 86.6 Å². The van der Waals surface area contributed by atoms with Crippen LogP contribution >= 0.6 is 11.6 Å². The summed E-state index contributed by atoms with van der Waals surface area (Å²) in [7, 11) is 3.19. The molecule has 4 aromatic carbocycles. The summed E-state index contributed by atoms with van der Waals surface area (Å²) in [5.74, 6) is -2.34. The van der Waals surface area contributed by atoms with Gasteiger partial charge in [-0.15, -0.1) is 0 Å². The molecule has 14 nitrogen and oxygen atoms in total. The van der Waals surface area contributed by atoms with Crippen LogP contribution in [-0.4, -0.2) is 79.4 Å². The average Bonchev–Trinajstić information content (AvgIpc) is 3.82. The molecule has 4 heterocycles. The Labute approximate surface area is 404 Å². The highest BCUT2D eigenvalue weighted by Crippen LogP contribution is 2.57. The second-order valence-electron chi connectivity index (χ2n) is 19.7. The van der Waals surface area contributed by atoms with Gasteiger partial charge in [0.2, 0.25) is 17.7 Å². The van der Waals surface area contributed by atoms with Crippen LogP contribution in [-0.2, 0) is 22.2 Å². The largest absolute Gasteiger partial charge is 0.494 e. The van der Waals surface area contributed by atoms with E-state index in [1.165, 1.54) is 25.3 Å². The molecule has 17 heteroatoms. The van der Waals surface area contributed by atoms with Crippen LogP contribution in [0.4, 0.5) is 25.1 Å². The van der Waals surface area contributed by atoms with Gasteiger partial charge in [-0.25, -0.2) is 13.6 Å². The Hall–Kier alpha value is -6.26. The van der Waals surface area contributed by atoms with Crippen molar-refractivity contribution in [3.63, 3.8) is 0 Å². The van der Waals surface area contributed by atoms with E-state index in [2.05, 4.69) is 26.9 Å². The summed E-state index contributed by atoms with van der Waals surface area (Å²) in [6, 6.07) is 19.2. The molecule has 1 spiro atoms. The number of nitrogens with two attached hydrogens (primary N) is 1. The summed E-state index contributed by atoms with van der Waals surface area (Å²) in [4.78, 5) is 54.7. The zero-order chi connectivity index (χ0) is 48.4. The number of fused-ring (bicyclic) bond motifs is 2. The average molecular weight is 964 g/mol. The van der Waals surface area contributed by atoms with Crippen LogP contribution in [0, 0.1) is 28.9 Å². The molecule has 2 saturated heterocycles. The molecule has 0 radical (unpaired) electrons. The molecule has 5 amide bonds. The van der Waals surface area contributed by atoms with E-state index in [1.807, 2.05) is 61.1 Å². The van der Waals surface area contributed by atoms with Gasteiger partial charge in [0.15, 0.2) is 23.0 Å². The van der Waals surface area contributed by atoms with E-state index >= 15 is 8.78 Å². The maximum absolute atomic E-state index is 16.2. The number of imide groups is 1. The number of para-hydroxylation sites is 1. The zero-order valence-corrected chi connectivity index (χ0v) is 39.8. The normalized spacial score (nSPS) is 23.4. The van der Waals surface area contributed by atoms with E-state index in [-0.39, 0.29) is 68.8 Å². The van der Waals surface area contributed by atoms with Crippen LogP contribution in [0.3, 0.4) is 0 Å². The van der Waals surface area contributed by atoms with Crippen molar-refractivity contribution >= 4 is 57.8 Å². The van der Waals surface area contributed by atoms with Crippen LogP contribution < -0.4 is 41.0 Å². The third-order valence-electron chi connectivity index (χ3n) is 15.8. The van der Waals surface area contributed by atoms with Crippen molar-refractivity contribution in [2.75, 3.05) is 49.6 Å². The van der Waals surface area contributed by atoms with Crippen LogP contribution in [0.1, 0.15) is 92.1 Å². The minimum absolute atomic E-state index is 0.00523. The number of nitrogens with zero attached hydrogens (tertiary/aromatic N) is 4. The van der Waals surface area contributed by atoms with Crippen molar-refractivity contribution in [2.45, 2.75) is 82.3 Å². The van der Waals surface area contributed by atoms with Gasteiger partial charge in [0.05, 0.1) is 28.9 Å². The Morgan fingerprint density at radius 2 is 1.72 bits per heavy atom. The first-order valence-corrected chi connectivity index (χ1v) is 24.3. The molecule has 0 bridgehead atoms. The molecule has 5 N–H and O–H groups in total. The number of methoxy groups -OCH3 is 1. The zero-order valence-electron chi connectivity index (χ0n) is 39.0. The first-order valence-electron chi connectivity index (χ1n) is 24.0. The van der Waals surface area contributed by atoms with E-state index in [0.29, 0.717) is 36.9 Å². The number of anilines is 2. The predicted molar refractivity (Wildman–Crippen MR) is 259 cm³/mol. The lowest BCUT2D eigenvalue weighted by Crippen LogP contribution is -2.50. The van der Waals surface area contributed by atoms with E-state index in [9.17, 15) is 19.2 Å². The highest BCUT2D eigenvalue weighted by molar-refractivity contribution is 6.34. The molecule has 2 atom stereocenters. The summed E-state index contributed by atoms with van der Waals surface area (Å²) in [5, 5.41) is 14.7. The third-order valence-corrected chi connectivity index (χ3v) is 16.2. The fourth-order valence-corrected chi connectivity index (χ4v) is 12.3. The lowest BCUT2D eigenvalue weighted by atomic mass is 9.57. The number of hydrogen-bond donors (Lipinski definition) is 4. The fraction of sp³-hybridized carbons (Fsp3) is 0.442. The van der Waals surface area contributed by atoms with E-state index < -0.39 is 35.1 Å². The van der Waals surface area contributed by atoms with Crippen molar-refractivity contribution in [2.24, 2.45) is 30.0 Å². The molecule has 4 fully saturated rings. The number of primary amides is 1. The monoisotopic (exact) mass is 962 g/mol. The molecule has 5 aliphatic rings. The second kappa shape index (κ2) is 18.2. The predicted octanol–water partition coefficient (Wildman–Crippen LogP) is 8.08. The number of urea groups is 1. The molecule has 2 saturated carbocycles. The van der Waals surface area contributed by atoms with Crippen molar-refractivity contribution in [3.8, 4) is 22.6 Å². The van der Waals surface area contributed by atoms with Crippen LogP contribution in [0.25, 0.3) is 22.0 Å². The van der Waals surface area contributed by atoms with Gasteiger partial charge in [0.25, 0.3) is 0 Å². The Kier molecular flexibility index (Phi) is 12.3. The van der Waals surface area contributed by atoms with Gasteiger partial charge in [-0.3, -0.25) is 29.3 Å². The number of rotatable bonds is 12. The van der Waals surface area contributed by atoms with Gasteiger partial charge < -0.3 is 30.7 Å². The Morgan fingerprint density at radius 3 is 2.42 bits per heavy atom. The van der Waals surface area contributed by atoms with Crippen molar-refractivity contribution in [3.05, 3.63) is 100 Å². The lowest BCUT2D eigenvalue weighted by Gasteiger charge is -2.53. The van der Waals surface area contributed by atoms with Gasteiger partial charge in [-0.05, 0) is 92.5 Å². The van der Waals surface area contributed by atoms with Gasteiger partial charge >= 0.3 is 6.03 Å².